The Hall–Kier alpha value is -2.98. The quantitative estimate of drug-likeness (QED) is 0.540. The summed E-state index contributed by atoms with van der Waals surface area (Å²) in [5.74, 6) is 0.759. The second kappa shape index (κ2) is 6.73. The summed E-state index contributed by atoms with van der Waals surface area (Å²) in [5, 5.41) is 17.0. The van der Waals surface area contributed by atoms with Gasteiger partial charge < -0.3 is 9.47 Å². The summed E-state index contributed by atoms with van der Waals surface area (Å²) in [7, 11) is 0. The van der Waals surface area contributed by atoms with Crippen LogP contribution in [0.15, 0.2) is 41.1 Å². The van der Waals surface area contributed by atoms with Crippen LogP contribution in [0.3, 0.4) is 0 Å². The summed E-state index contributed by atoms with van der Waals surface area (Å²) in [6.07, 6.45) is -0.778. The van der Waals surface area contributed by atoms with Gasteiger partial charge in [0, 0.05) is 11.4 Å². The molecular weight excluding hydrogens is 378 g/mol. The molecule has 8 nitrogen and oxygen atoms in total. The summed E-state index contributed by atoms with van der Waals surface area (Å²) < 4.78 is 11.2. The second-order valence-electron chi connectivity index (χ2n) is 5.32. The highest BCUT2D eigenvalue weighted by Gasteiger charge is 2.28. The molecule has 1 aliphatic rings. The van der Waals surface area contributed by atoms with Crippen molar-refractivity contribution in [3.63, 3.8) is 0 Å². The van der Waals surface area contributed by atoms with E-state index in [0.29, 0.717) is 27.2 Å². The minimum absolute atomic E-state index is 0.0232. The number of thiophene rings is 1. The summed E-state index contributed by atoms with van der Waals surface area (Å²) in [4.78, 5) is 27.7. The minimum atomic E-state index is -0.778. The molecule has 0 saturated carbocycles. The van der Waals surface area contributed by atoms with Crippen LogP contribution in [0.5, 0.6) is 11.5 Å². The topological polar surface area (TPSA) is 104 Å². The van der Waals surface area contributed by atoms with Crippen LogP contribution in [-0.2, 0) is 4.79 Å². The third-order valence-electron chi connectivity index (χ3n) is 3.58. The molecule has 0 radical (unpaired) electrons. The smallest absolute Gasteiger partial charge is 0.280 e. The van der Waals surface area contributed by atoms with E-state index in [4.69, 9.17) is 9.47 Å². The highest BCUT2D eigenvalue weighted by atomic mass is 32.1. The van der Waals surface area contributed by atoms with E-state index >= 15 is 0 Å². The number of benzene rings is 1. The van der Waals surface area contributed by atoms with Gasteiger partial charge in [-0.25, -0.2) is 4.98 Å². The first kappa shape index (κ1) is 16.5. The second-order valence-corrected chi connectivity index (χ2v) is 7.09. The number of nitrogens with zero attached hydrogens (tertiary/aromatic N) is 2. The van der Waals surface area contributed by atoms with Crippen molar-refractivity contribution in [2.45, 2.75) is 6.10 Å². The van der Waals surface area contributed by atoms with Crippen molar-refractivity contribution in [2.75, 3.05) is 11.9 Å². The highest BCUT2D eigenvalue weighted by Crippen LogP contribution is 2.34. The van der Waals surface area contributed by atoms with Crippen LogP contribution in [0.25, 0.3) is 10.6 Å². The van der Waals surface area contributed by atoms with Crippen LogP contribution in [-0.4, -0.2) is 28.5 Å². The van der Waals surface area contributed by atoms with Crippen molar-refractivity contribution >= 4 is 39.4 Å². The number of fused-ring (bicyclic) bond motifs is 1. The molecule has 3 heterocycles. The fourth-order valence-corrected chi connectivity index (χ4v) is 3.94. The molecule has 0 aliphatic carbocycles. The zero-order valence-electron chi connectivity index (χ0n) is 13.1. The van der Waals surface area contributed by atoms with E-state index in [2.05, 4.69) is 10.3 Å². The lowest BCUT2D eigenvalue weighted by molar-refractivity contribution is -0.384. The number of rotatable bonds is 4. The molecule has 0 bridgehead atoms. The Morgan fingerprint density at radius 3 is 2.85 bits per heavy atom. The lowest BCUT2D eigenvalue weighted by Gasteiger charge is -2.25. The Bertz CT molecular complexity index is 984. The first-order chi connectivity index (χ1) is 12.6. The van der Waals surface area contributed by atoms with E-state index in [-0.39, 0.29) is 18.2 Å². The van der Waals surface area contributed by atoms with Gasteiger partial charge in [0.15, 0.2) is 16.6 Å². The minimum Gasteiger partial charge on any atom is -0.485 e. The Balaban J connectivity index is 1.44. The van der Waals surface area contributed by atoms with Gasteiger partial charge in [-0.1, -0.05) is 12.1 Å². The van der Waals surface area contributed by atoms with Gasteiger partial charge in [-0.15, -0.1) is 22.7 Å². The molecular formula is C16H11N3O5S2. The number of nitrogens with one attached hydrogen (secondary N) is 1. The van der Waals surface area contributed by atoms with E-state index in [0.717, 1.165) is 0 Å². The standard InChI is InChI=1S/C16H11N3O5S2/c20-15(13-6-23-11-3-1-2-4-12(11)24-13)18-16-17-10(8-26-16)14-5-9(7-25-14)19(21)22/h1-5,7-8,13H,6H2,(H,17,18,20)/t13-/m1/s1. The highest BCUT2D eigenvalue weighted by molar-refractivity contribution is 7.16. The van der Waals surface area contributed by atoms with Crippen LogP contribution >= 0.6 is 22.7 Å². The molecule has 0 fully saturated rings. The summed E-state index contributed by atoms with van der Waals surface area (Å²) in [5.41, 5.74) is 0.601. The molecule has 0 spiro atoms. The van der Waals surface area contributed by atoms with Gasteiger partial charge in [0.2, 0.25) is 6.10 Å². The van der Waals surface area contributed by atoms with Gasteiger partial charge in [0.1, 0.15) is 6.61 Å². The van der Waals surface area contributed by atoms with Gasteiger partial charge in [0.05, 0.1) is 20.9 Å². The van der Waals surface area contributed by atoms with E-state index in [1.165, 1.54) is 34.1 Å². The Morgan fingerprint density at radius 2 is 2.08 bits per heavy atom. The number of thiazole rings is 1. The van der Waals surface area contributed by atoms with Crippen molar-refractivity contribution < 1.29 is 19.2 Å². The normalized spacial score (nSPS) is 15.5. The predicted molar refractivity (Wildman–Crippen MR) is 97.1 cm³/mol. The van der Waals surface area contributed by atoms with E-state index < -0.39 is 11.0 Å². The Labute approximate surface area is 155 Å². The number of hydrogen-bond acceptors (Lipinski definition) is 8. The maximum absolute atomic E-state index is 12.4. The fourth-order valence-electron chi connectivity index (χ4n) is 2.34. The number of para-hydroxylation sites is 2. The number of anilines is 1. The van der Waals surface area contributed by atoms with Crippen LogP contribution in [0.4, 0.5) is 10.8 Å². The van der Waals surface area contributed by atoms with Gasteiger partial charge in [-0.05, 0) is 12.1 Å². The molecule has 0 saturated heterocycles. The number of ether oxygens (including phenoxy) is 2. The monoisotopic (exact) mass is 389 g/mol. The van der Waals surface area contributed by atoms with Gasteiger partial charge in [-0.3, -0.25) is 20.2 Å². The van der Waals surface area contributed by atoms with Crippen LogP contribution in [0.2, 0.25) is 0 Å². The average molecular weight is 389 g/mol. The average Bonchev–Trinajstić information content (AvgIpc) is 3.30. The van der Waals surface area contributed by atoms with E-state index in [9.17, 15) is 14.9 Å². The lowest BCUT2D eigenvalue weighted by Crippen LogP contribution is -2.40. The molecule has 3 aromatic rings. The Morgan fingerprint density at radius 1 is 1.27 bits per heavy atom. The molecule has 4 rings (SSSR count). The summed E-state index contributed by atoms with van der Waals surface area (Å²) in [6.45, 7) is 0.109. The number of carbonyl (C=O) groups excluding carboxylic acids is 1. The summed E-state index contributed by atoms with van der Waals surface area (Å²) >= 11 is 2.47. The van der Waals surface area contributed by atoms with Gasteiger partial charge in [-0.2, -0.15) is 0 Å². The number of amides is 1. The van der Waals surface area contributed by atoms with E-state index in [1.807, 2.05) is 6.07 Å². The van der Waals surface area contributed by atoms with E-state index in [1.54, 1.807) is 23.6 Å². The zero-order chi connectivity index (χ0) is 18.1. The molecule has 132 valence electrons. The van der Waals surface area contributed by atoms with Gasteiger partial charge >= 0.3 is 0 Å². The van der Waals surface area contributed by atoms with Crippen LogP contribution < -0.4 is 14.8 Å². The molecule has 0 unspecified atom stereocenters. The van der Waals surface area contributed by atoms with Crippen molar-refractivity contribution in [1.82, 2.24) is 4.98 Å². The number of hydrogen-bond donors (Lipinski definition) is 1. The molecule has 1 aromatic carbocycles. The molecule has 1 amide bonds. The van der Waals surface area contributed by atoms with Crippen molar-refractivity contribution in [1.29, 1.82) is 0 Å². The molecule has 26 heavy (non-hydrogen) atoms. The first-order valence-corrected chi connectivity index (χ1v) is 9.24. The number of aromatic nitrogens is 1. The third-order valence-corrected chi connectivity index (χ3v) is 5.28. The van der Waals surface area contributed by atoms with Crippen molar-refractivity contribution in [3.05, 3.63) is 51.2 Å². The fraction of sp³-hybridized carbons (Fsp3) is 0.125. The first-order valence-electron chi connectivity index (χ1n) is 7.48. The van der Waals surface area contributed by atoms with Crippen molar-refractivity contribution in [3.8, 4) is 22.1 Å². The van der Waals surface area contributed by atoms with Crippen LogP contribution in [0.1, 0.15) is 0 Å². The molecule has 1 aliphatic heterocycles. The summed E-state index contributed by atoms with van der Waals surface area (Å²) in [6, 6.07) is 8.60. The predicted octanol–water partition coefficient (Wildman–Crippen LogP) is 3.56. The molecule has 2 aromatic heterocycles. The van der Waals surface area contributed by atoms with Gasteiger partial charge in [0.25, 0.3) is 11.6 Å². The number of nitro groups is 1. The van der Waals surface area contributed by atoms with Crippen LogP contribution in [0, 0.1) is 10.1 Å². The largest absolute Gasteiger partial charge is 0.485 e. The maximum atomic E-state index is 12.4. The Kier molecular flexibility index (Phi) is 4.27. The SMILES string of the molecule is O=C(Nc1nc(-c2cc([N+](=O)[O-])cs2)cs1)[C@H]1COc2ccccc2O1. The molecule has 10 heteroatoms. The molecule has 1 N–H and O–H groups in total. The molecule has 1 atom stereocenters. The lowest BCUT2D eigenvalue weighted by atomic mass is 10.2. The third kappa shape index (κ3) is 3.24. The zero-order valence-corrected chi connectivity index (χ0v) is 14.7. The van der Waals surface area contributed by atoms with Crippen molar-refractivity contribution in [2.24, 2.45) is 0 Å². The number of carbonyl (C=O) groups is 1. The maximum Gasteiger partial charge on any atom is 0.280 e.